The molecule has 0 unspecified atom stereocenters. The lowest BCUT2D eigenvalue weighted by atomic mass is 10.0. The largest absolute Gasteiger partial charge is 0.481 e. The Hall–Kier alpha value is -1.85. The van der Waals surface area contributed by atoms with Gasteiger partial charge in [-0.15, -0.1) is 0 Å². The van der Waals surface area contributed by atoms with Gasteiger partial charge < -0.3 is 10.4 Å². The van der Waals surface area contributed by atoms with Crippen LogP contribution in [0.4, 0.5) is 5.82 Å². The molecule has 6 nitrogen and oxygen atoms in total. The molecule has 1 saturated carbocycles. The van der Waals surface area contributed by atoms with Crippen molar-refractivity contribution in [2.24, 2.45) is 7.05 Å². The molecule has 1 heterocycles. The first-order valence-electron chi connectivity index (χ1n) is 6.62. The maximum Gasteiger partial charge on any atom is 0.303 e. The van der Waals surface area contributed by atoms with Crippen LogP contribution in [0.2, 0.25) is 0 Å². The summed E-state index contributed by atoms with van der Waals surface area (Å²) in [5.74, 6) is -0.122. The number of amides is 1. The van der Waals surface area contributed by atoms with Gasteiger partial charge in [0, 0.05) is 25.5 Å². The molecule has 1 aromatic rings. The fourth-order valence-electron chi connectivity index (χ4n) is 2.45. The van der Waals surface area contributed by atoms with Crippen molar-refractivity contribution in [3.05, 3.63) is 11.8 Å². The molecule has 2 rings (SSSR count). The molecule has 19 heavy (non-hydrogen) atoms. The van der Waals surface area contributed by atoms with E-state index in [-0.39, 0.29) is 18.7 Å². The summed E-state index contributed by atoms with van der Waals surface area (Å²) in [7, 11) is 1.78. The fourth-order valence-corrected chi connectivity index (χ4v) is 2.45. The molecule has 0 aromatic carbocycles. The van der Waals surface area contributed by atoms with Gasteiger partial charge in [-0.05, 0) is 12.8 Å². The second-order valence-electron chi connectivity index (χ2n) is 5.00. The minimum absolute atomic E-state index is 0.0146. The molecular weight excluding hydrogens is 246 g/mol. The molecule has 1 aliphatic rings. The minimum Gasteiger partial charge on any atom is -0.481 e. The van der Waals surface area contributed by atoms with Crippen LogP contribution < -0.4 is 5.32 Å². The van der Waals surface area contributed by atoms with Crippen LogP contribution in [-0.2, 0) is 16.6 Å². The quantitative estimate of drug-likeness (QED) is 0.851. The molecule has 104 valence electrons. The number of carboxylic acids is 1. The van der Waals surface area contributed by atoms with Crippen molar-refractivity contribution < 1.29 is 14.7 Å². The van der Waals surface area contributed by atoms with E-state index in [0.29, 0.717) is 11.7 Å². The maximum absolute atomic E-state index is 11.6. The molecule has 0 aliphatic heterocycles. The highest BCUT2D eigenvalue weighted by molar-refractivity contribution is 5.91. The third-order valence-electron chi connectivity index (χ3n) is 3.51. The van der Waals surface area contributed by atoms with Gasteiger partial charge in [0.25, 0.3) is 0 Å². The number of nitrogens with zero attached hydrogens (tertiary/aromatic N) is 2. The molecule has 1 aliphatic carbocycles. The van der Waals surface area contributed by atoms with Gasteiger partial charge in [-0.25, -0.2) is 0 Å². The van der Waals surface area contributed by atoms with Crippen molar-refractivity contribution in [1.82, 2.24) is 9.78 Å². The average Bonchev–Trinajstić information content (AvgIpc) is 2.97. The molecule has 1 amide bonds. The number of carbonyl (C=O) groups excluding carboxylic acids is 1. The Labute approximate surface area is 111 Å². The van der Waals surface area contributed by atoms with Gasteiger partial charge in [-0.3, -0.25) is 14.3 Å². The number of anilines is 1. The zero-order valence-corrected chi connectivity index (χ0v) is 11.1. The standard InChI is InChI=1S/C13H19N3O3/c1-16-11(14-12(17)6-7-13(18)19)8-10(15-16)9-4-2-3-5-9/h8-9H,2-7H2,1H3,(H,14,17)(H,18,19). The smallest absolute Gasteiger partial charge is 0.303 e. The molecule has 0 atom stereocenters. The molecule has 6 heteroatoms. The first-order valence-corrected chi connectivity index (χ1v) is 6.62. The predicted molar refractivity (Wildman–Crippen MR) is 69.9 cm³/mol. The number of carboxylic acid groups (broad SMARTS) is 1. The van der Waals surface area contributed by atoms with Gasteiger partial charge in [0.05, 0.1) is 12.1 Å². The van der Waals surface area contributed by atoms with E-state index in [4.69, 9.17) is 5.11 Å². The number of hydrogen-bond acceptors (Lipinski definition) is 3. The Morgan fingerprint density at radius 3 is 2.74 bits per heavy atom. The molecule has 1 aromatic heterocycles. The molecule has 0 spiro atoms. The van der Waals surface area contributed by atoms with Crippen molar-refractivity contribution in [1.29, 1.82) is 0 Å². The van der Waals surface area contributed by atoms with Crippen molar-refractivity contribution in [3.8, 4) is 0 Å². The summed E-state index contributed by atoms with van der Waals surface area (Å²) in [5, 5.41) is 15.7. The van der Waals surface area contributed by atoms with Crippen molar-refractivity contribution in [2.75, 3.05) is 5.32 Å². The van der Waals surface area contributed by atoms with Gasteiger partial charge in [0.1, 0.15) is 5.82 Å². The first kappa shape index (κ1) is 13.6. The van der Waals surface area contributed by atoms with Crippen molar-refractivity contribution >= 4 is 17.7 Å². The average molecular weight is 265 g/mol. The summed E-state index contributed by atoms with van der Waals surface area (Å²) >= 11 is 0. The van der Waals surface area contributed by atoms with E-state index in [0.717, 1.165) is 18.5 Å². The Kier molecular flexibility index (Phi) is 4.19. The highest BCUT2D eigenvalue weighted by Gasteiger charge is 2.21. The fraction of sp³-hybridized carbons (Fsp3) is 0.615. The number of aromatic nitrogens is 2. The monoisotopic (exact) mass is 265 g/mol. The minimum atomic E-state index is -0.966. The summed E-state index contributed by atoms with van der Waals surface area (Å²) in [6.45, 7) is 0. The summed E-state index contributed by atoms with van der Waals surface area (Å²) in [4.78, 5) is 22.0. The van der Waals surface area contributed by atoms with E-state index >= 15 is 0 Å². The van der Waals surface area contributed by atoms with Crippen LogP contribution in [-0.4, -0.2) is 26.8 Å². The second-order valence-corrected chi connectivity index (χ2v) is 5.00. The van der Waals surface area contributed by atoms with Crippen LogP contribution in [0.25, 0.3) is 0 Å². The van der Waals surface area contributed by atoms with Crippen LogP contribution in [0, 0.1) is 0 Å². The zero-order valence-electron chi connectivity index (χ0n) is 11.1. The Morgan fingerprint density at radius 2 is 2.11 bits per heavy atom. The van der Waals surface area contributed by atoms with E-state index in [1.807, 2.05) is 6.07 Å². The Bertz CT molecular complexity index is 475. The lowest BCUT2D eigenvalue weighted by Gasteiger charge is -2.03. The van der Waals surface area contributed by atoms with Crippen LogP contribution >= 0.6 is 0 Å². The summed E-state index contributed by atoms with van der Waals surface area (Å²) in [5.41, 5.74) is 1.02. The van der Waals surface area contributed by atoms with Crippen LogP contribution in [0.15, 0.2) is 6.07 Å². The third kappa shape index (κ3) is 3.56. The second kappa shape index (κ2) is 5.86. The Balaban J connectivity index is 1.96. The van der Waals surface area contributed by atoms with Crippen molar-refractivity contribution in [3.63, 3.8) is 0 Å². The summed E-state index contributed by atoms with van der Waals surface area (Å²) in [6, 6.07) is 1.90. The lowest BCUT2D eigenvalue weighted by molar-refractivity contribution is -0.138. The maximum atomic E-state index is 11.6. The Morgan fingerprint density at radius 1 is 1.42 bits per heavy atom. The van der Waals surface area contributed by atoms with E-state index in [1.54, 1.807) is 11.7 Å². The van der Waals surface area contributed by atoms with E-state index in [2.05, 4.69) is 10.4 Å². The van der Waals surface area contributed by atoms with Gasteiger partial charge in [-0.2, -0.15) is 5.10 Å². The summed E-state index contributed by atoms with van der Waals surface area (Å²) < 4.78 is 1.65. The van der Waals surface area contributed by atoms with Gasteiger partial charge >= 0.3 is 5.97 Å². The SMILES string of the molecule is Cn1nc(C2CCCC2)cc1NC(=O)CCC(=O)O. The normalized spacial score (nSPS) is 15.6. The zero-order chi connectivity index (χ0) is 13.8. The number of hydrogen-bond donors (Lipinski definition) is 2. The van der Waals surface area contributed by atoms with E-state index in [9.17, 15) is 9.59 Å². The molecule has 0 saturated heterocycles. The van der Waals surface area contributed by atoms with Crippen molar-refractivity contribution in [2.45, 2.75) is 44.4 Å². The molecule has 0 radical (unpaired) electrons. The lowest BCUT2D eigenvalue weighted by Crippen LogP contribution is -2.15. The number of aliphatic carboxylic acids is 1. The first-order chi connectivity index (χ1) is 9.06. The molecule has 1 fully saturated rings. The molecule has 0 bridgehead atoms. The van der Waals surface area contributed by atoms with Crippen LogP contribution in [0.5, 0.6) is 0 Å². The number of aryl methyl sites for hydroxylation is 1. The molecule has 2 N–H and O–H groups in total. The van der Waals surface area contributed by atoms with E-state index < -0.39 is 5.97 Å². The highest BCUT2D eigenvalue weighted by atomic mass is 16.4. The highest BCUT2D eigenvalue weighted by Crippen LogP contribution is 2.34. The van der Waals surface area contributed by atoms with Gasteiger partial charge in [0.2, 0.25) is 5.91 Å². The van der Waals surface area contributed by atoms with Crippen LogP contribution in [0.3, 0.4) is 0 Å². The van der Waals surface area contributed by atoms with Gasteiger partial charge in [0.15, 0.2) is 0 Å². The summed E-state index contributed by atoms with van der Waals surface area (Å²) in [6.07, 6.45) is 4.62. The van der Waals surface area contributed by atoms with Gasteiger partial charge in [-0.1, -0.05) is 12.8 Å². The third-order valence-corrected chi connectivity index (χ3v) is 3.51. The number of nitrogens with one attached hydrogen (secondary N) is 1. The van der Waals surface area contributed by atoms with Crippen LogP contribution in [0.1, 0.15) is 50.1 Å². The number of carbonyl (C=O) groups is 2. The number of rotatable bonds is 5. The molecular formula is C13H19N3O3. The predicted octanol–water partition coefficient (Wildman–Crippen LogP) is 1.88. The van der Waals surface area contributed by atoms with E-state index in [1.165, 1.54) is 12.8 Å². The topological polar surface area (TPSA) is 84.2 Å².